The van der Waals surface area contributed by atoms with Crippen molar-refractivity contribution in [2.24, 2.45) is 5.73 Å². The maximum absolute atomic E-state index is 13.4. The van der Waals surface area contributed by atoms with Crippen molar-refractivity contribution in [3.63, 3.8) is 0 Å². The summed E-state index contributed by atoms with van der Waals surface area (Å²) >= 11 is 7.88. The SMILES string of the molecule is NC(=S)c1cc(F)cc(COc2ccc(F)c(Br)c2)c1. The van der Waals surface area contributed by atoms with Gasteiger partial charge in [0.25, 0.3) is 0 Å². The zero-order chi connectivity index (χ0) is 14.7. The second kappa shape index (κ2) is 6.28. The zero-order valence-corrected chi connectivity index (χ0v) is 12.6. The lowest BCUT2D eigenvalue weighted by atomic mass is 10.1. The van der Waals surface area contributed by atoms with Gasteiger partial charge in [0.2, 0.25) is 0 Å². The number of hydrogen-bond acceptors (Lipinski definition) is 2. The molecular weight excluding hydrogens is 348 g/mol. The van der Waals surface area contributed by atoms with Crippen LogP contribution in [0.5, 0.6) is 5.75 Å². The van der Waals surface area contributed by atoms with E-state index in [9.17, 15) is 8.78 Å². The molecule has 0 unspecified atom stereocenters. The maximum atomic E-state index is 13.4. The Morgan fingerprint density at radius 3 is 2.60 bits per heavy atom. The van der Waals surface area contributed by atoms with Crippen molar-refractivity contribution in [2.75, 3.05) is 0 Å². The summed E-state index contributed by atoms with van der Waals surface area (Å²) in [5, 5.41) is 0. The molecule has 2 N–H and O–H groups in total. The van der Waals surface area contributed by atoms with E-state index in [-0.39, 0.29) is 17.4 Å². The fourth-order valence-corrected chi connectivity index (χ4v) is 2.08. The van der Waals surface area contributed by atoms with Crippen molar-refractivity contribution in [1.82, 2.24) is 0 Å². The van der Waals surface area contributed by atoms with Crippen molar-refractivity contribution >= 4 is 33.1 Å². The maximum Gasteiger partial charge on any atom is 0.137 e. The lowest BCUT2D eigenvalue weighted by molar-refractivity contribution is 0.305. The Hall–Kier alpha value is -1.53. The summed E-state index contributed by atoms with van der Waals surface area (Å²) in [4.78, 5) is 0.121. The Morgan fingerprint density at radius 1 is 1.20 bits per heavy atom. The molecule has 2 nitrogen and oxygen atoms in total. The molecule has 0 aliphatic rings. The van der Waals surface area contributed by atoms with Gasteiger partial charge in [0, 0.05) is 5.56 Å². The van der Waals surface area contributed by atoms with Crippen LogP contribution in [0.2, 0.25) is 0 Å². The van der Waals surface area contributed by atoms with E-state index in [1.165, 1.54) is 30.3 Å². The molecular formula is C14H10BrF2NOS. The van der Waals surface area contributed by atoms with Gasteiger partial charge in [-0.2, -0.15) is 0 Å². The number of rotatable bonds is 4. The van der Waals surface area contributed by atoms with Gasteiger partial charge in [0.1, 0.15) is 29.0 Å². The topological polar surface area (TPSA) is 35.2 Å². The van der Waals surface area contributed by atoms with Crippen molar-refractivity contribution in [3.8, 4) is 5.75 Å². The molecule has 0 aliphatic heterocycles. The smallest absolute Gasteiger partial charge is 0.137 e. The predicted octanol–water partition coefficient (Wildman–Crippen LogP) is 3.94. The Kier molecular flexibility index (Phi) is 4.67. The van der Waals surface area contributed by atoms with Crippen molar-refractivity contribution in [1.29, 1.82) is 0 Å². The number of thiocarbonyl (C=S) groups is 1. The third kappa shape index (κ3) is 3.74. The summed E-state index contributed by atoms with van der Waals surface area (Å²) in [6, 6.07) is 8.53. The molecule has 0 fully saturated rings. The Balaban J connectivity index is 2.14. The minimum Gasteiger partial charge on any atom is -0.489 e. The molecule has 6 heteroatoms. The summed E-state index contributed by atoms with van der Waals surface area (Å²) in [6.45, 7) is 0.130. The van der Waals surface area contributed by atoms with E-state index in [1.54, 1.807) is 6.07 Å². The molecule has 104 valence electrons. The highest BCUT2D eigenvalue weighted by Crippen LogP contribution is 2.22. The van der Waals surface area contributed by atoms with Crippen LogP contribution in [-0.2, 0) is 6.61 Å². The highest BCUT2D eigenvalue weighted by molar-refractivity contribution is 9.10. The molecule has 0 saturated carbocycles. The van der Waals surface area contributed by atoms with E-state index in [1.807, 2.05) is 0 Å². The average molecular weight is 358 g/mol. The van der Waals surface area contributed by atoms with Gasteiger partial charge in [-0.1, -0.05) is 12.2 Å². The van der Waals surface area contributed by atoms with E-state index in [0.717, 1.165) is 0 Å². The van der Waals surface area contributed by atoms with Crippen LogP contribution in [0.3, 0.4) is 0 Å². The van der Waals surface area contributed by atoms with Gasteiger partial charge in [-0.25, -0.2) is 8.78 Å². The van der Waals surface area contributed by atoms with E-state index >= 15 is 0 Å². The fraction of sp³-hybridized carbons (Fsp3) is 0.0714. The molecule has 0 aromatic heterocycles. The first-order valence-corrected chi connectivity index (χ1v) is 6.83. The first-order valence-electron chi connectivity index (χ1n) is 5.63. The molecule has 0 saturated heterocycles. The quantitative estimate of drug-likeness (QED) is 0.841. The van der Waals surface area contributed by atoms with Crippen LogP contribution in [0, 0.1) is 11.6 Å². The number of ether oxygens (including phenoxy) is 1. The standard InChI is InChI=1S/C14H10BrF2NOS/c15-12-6-11(1-2-13(12)17)19-7-8-3-9(14(18)20)5-10(16)4-8/h1-6H,7H2,(H2,18,20). The van der Waals surface area contributed by atoms with Gasteiger partial charge in [-0.3, -0.25) is 0 Å². The monoisotopic (exact) mass is 357 g/mol. The van der Waals surface area contributed by atoms with Gasteiger partial charge in [-0.15, -0.1) is 0 Å². The molecule has 0 atom stereocenters. The van der Waals surface area contributed by atoms with Crippen LogP contribution in [0.1, 0.15) is 11.1 Å². The van der Waals surface area contributed by atoms with Crippen LogP contribution in [-0.4, -0.2) is 4.99 Å². The van der Waals surface area contributed by atoms with E-state index in [4.69, 9.17) is 22.7 Å². The molecule has 2 rings (SSSR count). The molecule has 0 spiro atoms. The van der Waals surface area contributed by atoms with Crippen LogP contribution in [0.4, 0.5) is 8.78 Å². The molecule has 0 aliphatic carbocycles. The molecule has 2 aromatic carbocycles. The van der Waals surface area contributed by atoms with Crippen molar-refractivity contribution < 1.29 is 13.5 Å². The Morgan fingerprint density at radius 2 is 1.95 bits per heavy atom. The van der Waals surface area contributed by atoms with Crippen molar-refractivity contribution in [2.45, 2.75) is 6.61 Å². The largest absolute Gasteiger partial charge is 0.489 e. The Labute approximate surface area is 128 Å². The number of nitrogens with two attached hydrogens (primary N) is 1. The fourth-order valence-electron chi connectivity index (χ4n) is 1.61. The molecule has 0 bridgehead atoms. The second-order valence-electron chi connectivity index (χ2n) is 4.08. The molecule has 0 heterocycles. The lowest BCUT2D eigenvalue weighted by Gasteiger charge is -2.08. The highest BCUT2D eigenvalue weighted by Gasteiger charge is 2.05. The first-order chi connectivity index (χ1) is 9.45. The molecule has 0 radical (unpaired) electrons. The summed E-state index contributed by atoms with van der Waals surface area (Å²) in [7, 11) is 0. The number of hydrogen-bond donors (Lipinski definition) is 1. The van der Waals surface area contributed by atoms with E-state index < -0.39 is 5.82 Å². The summed E-state index contributed by atoms with van der Waals surface area (Å²) in [5.74, 6) is -0.340. The minimum absolute atomic E-state index is 0.121. The lowest BCUT2D eigenvalue weighted by Crippen LogP contribution is -2.10. The summed E-state index contributed by atoms with van der Waals surface area (Å²) < 4.78 is 32.3. The third-order valence-corrected chi connectivity index (χ3v) is 3.38. The van der Waals surface area contributed by atoms with Gasteiger partial charge in [-0.05, 0) is 57.9 Å². The summed E-state index contributed by atoms with van der Waals surface area (Å²) in [6.07, 6.45) is 0. The normalized spacial score (nSPS) is 10.3. The summed E-state index contributed by atoms with van der Waals surface area (Å²) in [5.41, 5.74) is 6.51. The Bertz CT molecular complexity index is 664. The first kappa shape index (κ1) is 14.9. The van der Waals surface area contributed by atoms with Gasteiger partial charge >= 0.3 is 0 Å². The van der Waals surface area contributed by atoms with Crippen LogP contribution in [0.15, 0.2) is 40.9 Å². The van der Waals surface area contributed by atoms with Crippen LogP contribution < -0.4 is 10.5 Å². The third-order valence-electron chi connectivity index (χ3n) is 2.54. The zero-order valence-electron chi connectivity index (χ0n) is 10.2. The predicted molar refractivity (Wildman–Crippen MR) is 80.7 cm³/mol. The van der Waals surface area contributed by atoms with Gasteiger partial charge in [0.15, 0.2) is 0 Å². The minimum atomic E-state index is -0.436. The van der Waals surface area contributed by atoms with Gasteiger partial charge in [0.05, 0.1) is 4.47 Å². The molecule has 2 aromatic rings. The van der Waals surface area contributed by atoms with Crippen LogP contribution >= 0.6 is 28.1 Å². The van der Waals surface area contributed by atoms with E-state index in [0.29, 0.717) is 21.3 Å². The number of halogens is 3. The van der Waals surface area contributed by atoms with Crippen molar-refractivity contribution in [3.05, 3.63) is 63.6 Å². The highest BCUT2D eigenvalue weighted by atomic mass is 79.9. The van der Waals surface area contributed by atoms with E-state index in [2.05, 4.69) is 15.9 Å². The second-order valence-corrected chi connectivity index (χ2v) is 5.37. The number of benzene rings is 2. The van der Waals surface area contributed by atoms with Gasteiger partial charge < -0.3 is 10.5 Å². The molecule has 20 heavy (non-hydrogen) atoms. The average Bonchev–Trinajstić information content (AvgIpc) is 2.39. The van der Waals surface area contributed by atoms with Crippen LogP contribution in [0.25, 0.3) is 0 Å². The molecule has 0 amide bonds.